The van der Waals surface area contributed by atoms with E-state index in [9.17, 15) is 19.2 Å². The summed E-state index contributed by atoms with van der Waals surface area (Å²) in [5, 5.41) is 0. The molecule has 0 unspecified atom stereocenters. The molecule has 1 aromatic heterocycles. The van der Waals surface area contributed by atoms with Crippen LogP contribution in [0.25, 0.3) is 0 Å². The van der Waals surface area contributed by atoms with Crippen molar-refractivity contribution >= 4 is 23.8 Å². The number of carbonyl (C=O) groups is 4. The molecule has 2 rings (SSSR count). The molecule has 1 aliphatic heterocycles. The highest BCUT2D eigenvalue weighted by molar-refractivity contribution is 5.92. The number of hydrogen-bond donors (Lipinski definition) is 1. The molecule has 10 nitrogen and oxygen atoms in total. The molecule has 0 radical (unpaired) electrons. The van der Waals surface area contributed by atoms with E-state index < -0.39 is 48.4 Å². The number of ether oxygens (including phenoxy) is 4. The molecule has 4 atom stereocenters. The Morgan fingerprint density at radius 1 is 1.07 bits per heavy atom. The number of nitrogens with two attached hydrogens (primary N) is 1. The van der Waals surface area contributed by atoms with Gasteiger partial charge in [-0.25, -0.2) is 0 Å². The normalized spacial score (nSPS) is 23.2. The number of rotatable bonds is 6. The Bertz CT molecular complexity index is 756. The molecule has 1 fully saturated rings. The van der Waals surface area contributed by atoms with Crippen molar-refractivity contribution in [1.29, 1.82) is 0 Å². The van der Waals surface area contributed by atoms with Gasteiger partial charge in [-0.15, -0.1) is 0 Å². The highest BCUT2D eigenvalue weighted by Gasteiger charge is 2.54. The lowest BCUT2D eigenvalue weighted by atomic mass is 10.1. The van der Waals surface area contributed by atoms with Gasteiger partial charge in [0, 0.05) is 26.8 Å². The van der Waals surface area contributed by atoms with Gasteiger partial charge in [0.2, 0.25) is 6.10 Å². The summed E-state index contributed by atoms with van der Waals surface area (Å²) < 4.78 is 22.8. The number of carbonyl (C=O) groups excluding carboxylic acids is 4. The van der Waals surface area contributed by atoms with E-state index in [1.54, 1.807) is 12.3 Å². The first kappa shape index (κ1) is 23.3. The molecule has 11 heteroatoms. The van der Waals surface area contributed by atoms with Crippen LogP contribution in [0.4, 0.5) is 0 Å². The van der Waals surface area contributed by atoms with E-state index in [0.717, 1.165) is 0 Å². The Morgan fingerprint density at radius 2 is 1.68 bits per heavy atom. The molecule has 0 aliphatic carbocycles. The van der Waals surface area contributed by atoms with E-state index >= 15 is 0 Å². The largest absolute Gasteiger partial charge is 1.00 e. The minimum atomic E-state index is -1.03. The Balaban J connectivity index is 0.00000392. The van der Waals surface area contributed by atoms with Crippen LogP contribution in [0.1, 0.15) is 37.4 Å². The van der Waals surface area contributed by atoms with Gasteiger partial charge >= 0.3 is 24.1 Å². The molecular weight excluding hydrogens is 396 g/mol. The van der Waals surface area contributed by atoms with Crippen molar-refractivity contribution in [2.45, 2.75) is 45.3 Å². The smallest absolute Gasteiger partial charge is 0.304 e. The standard InChI is InChI=1S/C17H20N2O8.ClH/c1-9(20)24-8-13-14(25-10(2)21)15(26-11(3)22)17(27-13)19-6-4-5-12(7-19)16(18)23;/h4-7,13-15,17H,8H2,1-3H3,(H-,18,23);1H/t13-,14-,15-,17+;/m1./s1. The molecule has 0 bridgehead atoms. The zero-order chi connectivity index (χ0) is 20.1. The summed E-state index contributed by atoms with van der Waals surface area (Å²) in [5.41, 5.74) is 5.50. The minimum Gasteiger partial charge on any atom is -1.00 e. The van der Waals surface area contributed by atoms with Crippen LogP contribution in [0.5, 0.6) is 0 Å². The van der Waals surface area contributed by atoms with Gasteiger partial charge in [-0.3, -0.25) is 19.2 Å². The highest BCUT2D eigenvalue weighted by atomic mass is 35.5. The van der Waals surface area contributed by atoms with Crippen molar-refractivity contribution in [1.82, 2.24) is 0 Å². The fraction of sp³-hybridized carbons (Fsp3) is 0.471. The number of amides is 1. The average Bonchev–Trinajstić information content (AvgIpc) is 2.89. The van der Waals surface area contributed by atoms with Gasteiger partial charge in [0.05, 0.1) is 0 Å². The predicted molar refractivity (Wildman–Crippen MR) is 86.8 cm³/mol. The van der Waals surface area contributed by atoms with Crippen molar-refractivity contribution < 1.29 is 55.1 Å². The van der Waals surface area contributed by atoms with Crippen LogP contribution in [0.3, 0.4) is 0 Å². The lowest BCUT2D eigenvalue weighted by molar-refractivity contribution is -0.765. The van der Waals surface area contributed by atoms with Crippen LogP contribution in [0.15, 0.2) is 24.5 Å². The lowest BCUT2D eigenvalue weighted by Gasteiger charge is -2.21. The molecule has 0 saturated carbocycles. The van der Waals surface area contributed by atoms with Crippen molar-refractivity contribution in [2.24, 2.45) is 5.73 Å². The number of aromatic nitrogens is 1. The van der Waals surface area contributed by atoms with Gasteiger partial charge in [-0.1, -0.05) is 0 Å². The predicted octanol–water partition coefficient (Wildman–Crippen LogP) is -3.60. The van der Waals surface area contributed by atoms with Crippen LogP contribution < -0.4 is 22.7 Å². The maximum Gasteiger partial charge on any atom is 0.304 e. The summed E-state index contributed by atoms with van der Waals surface area (Å²) in [7, 11) is 0. The second kappa shape index (κ2) is 10.00. The minimum absolute atomic E-state index is 0. The second-order valence-electron chi connectivity index (χ2n) is 5.92. The van der Waals surface area contributed by atoms with E-state index in [4.69, 9.17) is 24.7 Å². The van der Waals surface area contributed by atoms with E-state index in [1.807, 2.05) is 0 Å². The van der Waals surface area contributed by atoms with Gasteiger partial charge in [0.25, 0.3) is 5.91 Å². The van der Waals surface area contributed by atoms with Crippen LogP contribution in [-0.2, 0) is 33.3 Å². The van der Waals surface area contributed by atoms with Crippen molar-refractivity contribution in [3.05, 3.63) is 30.1 Å². The summed E-state index contributed by atoms with van der Waals surface area (Å²) in [5.74, 6) is -2.44. The third kappa shape index (κ3) is 5.89. The van der Waals surface area contributed by atoms with Crippen molar-refractivity contribution in [2.75, 3.05) is 6.61 Å². The first-order valence-corrected chi connectivity index (χ1v) is 8.13. The molecule has 154 valence electrons. The summed E-state index contributed by atoms with van der Waals surface area (Å²) in [6.07, 6.45) is -0.856. The SMILES string of the molecule is CC(=O)OC[C@H]1O[C@H]([n+]2cccc(C(N)=O)c2)[C@H](OC(C)=O)[C@@H]1OC(C)=O.[Cl-]. The van der Waals surface area contributed by atoms with Crippen LogP contribution in [0, 0.1) is 0 Å². The molecule has 0 spiro atoms. The molecule has 2 heterocycles. The monoisotopic (exact) mass is 416 g/mol. The number of primary amides is 1. The summed E-state index contributed by atoms with van der Waals surface area (Å²) >= 11 is 0. The van der Waals surface area contributed by atoms with E-state index in [1.165, 1.54) is 37.6 Å². The molecule has 28 heavy (non-hydrogen) atoms. The molecule has 2 N–H and O–H groups in total. The Kier molecular flexibility index (Phi) is 8.33. The zero-order valence-electron chi connectivity index (χ0n) is 15.5. The first-order valence-electron chi connectivity index (χ1n) is 8.13. The van der Waals surface area contributed by atoms with Crippen LogP contribution in [-0.4, -0.2) is 48.7 Å². The van der Waals surface area contributed by atoms with Gasteiger partial charge in [0.15, 0.2) is 18.5 Å². The number of pyridine rings is 1. The van der Waals surface area contributed by atoms with E-state index in [-0.39, 0.29) is 24.6 Å². The van der Waals surface area contributed by atoms with E-state index in [0.29, 0.717) is 0 Å². The van der Waals surface area contributed by atoms with Gasteiger partial charge in [-0.05, 0) is 6.07 Å². The lowest BCUT2D eigenvalue weighted by Crippen LogP contribution is -3.00. The molecule has 0 aromatic carbocycles. The maximum atomic E-state index is 11.6. The summed E-state index contributed by atoms with van der Waals surface area (Å²) in [6.45, 7) is 3.41. The third-order valence-electron chi connectivity index (χ3n) is 3.74. The molecular formula is C17H21ClN2O8. The Labute approximate surface area is 167 Å². The van der Waals surface area contributed by atoms with Crippen LogP contribution in [0.2, 0.25) is 0 Å². The molecule has 1 amide bonds. The molecule has 1 aliphatic rings. The highest BCUT2D eigenvalue weighted by Crippen LogP contribution is 2.31. The quantitative estimate of drug-likeness (QED) is 0.285. The van der Waals surface area contributed by atoms with Gasteiger partial charge in [-0.2, -0.15) is 4.57 Å². The number of esters is 3. The topological polar surface area (TPSA) is 135 Å². The van der Waals surface area contributed by atoms with Crippen molar-refractivity contribution in [3.8, 4) is 0 Å². The third-order valence-corrected chi connectivity index (χ3v) is 3.74. The van der Waals surface area contributed by atoms with Crippen molar-refractivity contribution in [3.63, 3.8) is 0 Å². The zero-order valence-corrected chi connectivity index (χ0v) is 16.3. The van der Waals surface area contributed by atoms with Gasteiger partial charge < -0.3 is 37.1 Å². The maximum absolute atomic E-state index is 11.6. The summed E-state index contributed by atoms with van der Waals surface area (Å²) in [6, 6.07) is 3.07. The average molecular weight is 417 g/mol. The Hall–Kier alpha value is -2.72. The fourth-order valence-electron chi connectivity index (χ4n) is 2.73. The number of halogens is 1. The van der Waals surface area contributed by atoms with Gasteiger partial charge in [0.1, 0.15) is 18.3 Å². The summed E-state index contributed by atoms with van der Waals surface area (Å²) in [4.78, 5) is 45.6. The molecule has 1 aromatic rings. The number of nitrogens with zero attached hydrogens (tertiary/aromatic N) is 1. The van der Waals surface area contributed by atoms with Crippen LogP contribution >= 0.6 is 0 Å². The van der Waals surface area contributed by atoms with E-state index in [2.05, 4.69) is 0 Å². The fourth-order valence-corrected chi connectivity index (χ4v) is 2.73. The second-order valence-corrected chi connectivity index (χ2v) is 5.92. The number of hydrogen-bond acceptors (Lipinski definition) is 8. The Morgan fingerprint density at radius 3 is 2.21 bits per heavy atom. The molecule has 1 saturated heterocycles. The first-order chi connectivity index (χ1) is 12.7.